The van der Waals surface area contributed by atoms with E-state index in [1.807, 2.05) is 6.08 Å². The Labute approximate surface area is 90.1 Å². The van der Waals surface area contributed by atoms with Crippen LogP contribution in [0.5, 0.6) is 0 Å². The number of rotatable bonds is 5. The molecule has 0 aromatic heterocycles. The number of nitrogens with zero attached hydrogens (tertiary/aromatic N) is 1. The maximum Gasteiger partial charge on any atom is 0.404 e. The molecule has 1 aliphatic carbocycles. The fraction of sp³-hybridized carbons (Fsp3) is 0.636. The third kappa shape index (κ3) is 3.38. The summed E-state index contributed by atoms with van der Waals surface area (Å²) in [5, 5.41) is 11.0. The Morgan fingerprint density at radius 2 is 2.33 bits per heavy atom. The number of nitrogens with one attached hydrogen (secondary N) is 1. The fourth-order valence-electron chi connectivity index (χ4n) is 1.93. The van der Waals surface area contributed by atoms with Crippen molar-refractivity contribution < 1.29 is 9.90 Å². The van der Waals surface area contributed by atoms with Gasteiger partial charge < -0.3 is 10.4 Å². The molecule has 0 spiro atoms. The van der Waals surface area contributed by atoms with E-state index in [-0.39, 0.29) is 6.04 Å². The predicted molar refractivity (Wildman–Crippen MR) is 60.5 cm³/mol. The van der Waals surface area contributed by atoms with Crippen molar-refractivity contribution in [3.05, 3.63) is 12.7 Å². The van der Waals surface area contributed by atoms with Crippen LogP contribution < -0.4 is 5.32 Å². The highest BCUT2D eigenvalue weighted by Crippen LogP contribution is 2.30. The largest absolute Gasteiger partial charge is 0.465 e. The molecule has 1 rings (SSSR count). The van der Waals surface area contributed by atoms with Gasteiger partial charge in [-0.25, -0.2) is 4.79 Å². The fourth-order valence-corrected chi connectivity index (χ4v) is 1.93. The van der Waals surface area contributed by atoms with Gasteiger partial charge in [0.05, 0.1) is 0 Å². The first-order chi connectivity index (χ1) is 7.17. The summed E-state index contributed by atoms with van der Waals surface area (Å²) in [6.07, 6.45) is 4.62. The summed E-state index contributed by atoms with van der Waals surface area (Å²) in [6.45, 7) is 3.68. The molecule has 4 nitrogen and oxygen atoms in total. The first-order valence-corrected chi connectivity index (χ1v) is 5.23. The molecule has 0 heterocycles. The van der Waals surface area contributed by atoms with E-state index in [0.717, 1.165) is 25.7 Å². The summed E-state index contributed by atoms with van der Waals surface area (Å²) in [7, 11) is 1.80. The van der Waals surface area contributed by atoms with Gasteiger partial charge in [0.25, 0.3) is 0 Å². The Hall–Kier alpha value is -1.32. The van der Waals surface area contributed by atoms with Crippen LogP contribution in [0.4, 0.5) is 4.79 Å². The van der Waals surface area contributed by atoms with E-state index >= 15 is 0 Å². The number of allylic oxidation sites excluding steroid dienone is 1. The van der Waals surface area contributed by atoms with Gasteiger partial charge in [-0.05, 0) is 25.7 Å². The molecule has 0 radical (unpaired) electrons. The van der Waals surface area contributed by atoms with E-state index in [1.54, 1.807) is 7.05 Å². The van der Waals surface area contributed by atoms with Crippen molar-refractivity contribution in [2.45, 2.75) is 31.7 Å². The molecular formula is C11H18N2O2. The first kappa shape index (κ1) is 11.8. The molecule has 0 aromatic rings. The van der Waals surface area contributed by atoms with Gasteiger partial charge in [-0.1, -0.05) is 6.08 Å². The molecule has 1 amide bonds. The minimum Gasteiger partial charge on any atom is -0.465 e. The number of hydrogen-bond donors (Lipinski definition) is 2. The number of carbonyl (C=O) groups is 1. The Balaban J connectivity index is 2.29. The monoisotopic (exact) mass is 210 g/mol. The van der Waals surface area contributed by atoms with E-state index in [4.69, 9.17) is 5.11 Å². The Bertz CT molecular complexity index is 268. The van der Waals surface area contributed by atoms with Crippen molar-refractivity contribution >= 4 is 11.8 Å². The lowest BCUT2D eigenvalue weighted by Gasteiger charge is -2.35. The zero-order chi connectivity index (χ0) is 11.3. The van der Waals surface area contributed by atoms with E-state index in [1.165, 1.54) is 5.71 Å². The van der Waals surface area contributed by atoms with Crippen molar-refractivity contribution in [1.29, 1.82) is 0 Å². The van der Waals surface area contributed by atoms with E-state index in [9.17, 15) is 4.79 Å². The van der Waals surface area contributed by atoms with Gasteiger partial charge >= 0.3 is 6.09 Å². The van der Waals surface area contributed by atoms with Crippen molar-refractivity contribution in [3.63, 3.8) is 0 Å². The van der Waals surface area contributed by atoms with Crippen LogP contribution in [0.1, 0.15) is 25.7 Å². The topological polar surface area (TPSA) is 61.7 Å². The molecule has 0 bridgehead atoms. The average Bonchev–Trinajstić information content (AvgIpc) is 2.13. The highest BCUT2D eigenvalue weighted by molar-refractivity contribution is 5.87. The molecule has 2 N–H and O–H groups in total. The second kappa shape index (κ2) is 5.53. The van der Waals surface area contributed by atoms with Crippen molar-refractivity contribution in [2.24, 2.45) is 10.9 Å². The number of carboxylic acid groups (broad SMARTS) is 1. The average molecular weight is 210 g/mol. The van der Waals surface area contributed by atoms with Crippen molar-refractivity contribution in [3.8, 4) is 0 Å². The second-order valence-corrected chi connectivity index (χ2v) is 3.86. The molecular weight excluding hydrogens is 192 g/mol. The lowest BCUT2D eigenvalue weighted by atomic mass is 9.76. The van der Waals surface area contributed by atoms with Gasteiger partial charge in [0, 0.05) is 24.7 Å². The zero-order valence-corrected chi connectivity index (χ0v) is 9.07. The van der Waals surface area contributed by atoms with Crippen LogP contribution in [0, 0.1) is 5.92 Å². The summed E-state index contributed by atoms with van der Waals surface area (Å²) < 4.78 is 0. The molecule has 0 atom stereocenters. The molecule has 0 aliphatic heterocycles. The summed E-state index contributed by atoms with van der Waals surface area (Å²) in [6, 6.07) is 0.119. The van der Waals surface area contributed by atoms with Gasteiger partial charge in [0.1, 0.15) is 0 Å². The number of aliphatic imine (C=N–C) groups is 1. The van der Waals surface area contributed by atoms with Crippen LogP contribution in [-0.4, -0.2) is 30.0 Å². The van der Waals surface area contributed by atoms with Gasteiger partial charge in [0.2, 0.25) is 0 Å². The highest BCUT2D eigenvalue weighted by Gasteiger charge is 2.32. The molecule has 1 aliphatic rings. The molecule has 15 heavy (non-hydrogen) atoms. The van der Waals surface area contributed by atoms with E-state index < -0.39 is 6.09 Å². The maximum atomic E-state index is 10.4. The summed E-state index contributed by atoms with van der Waals surface area (Å²) in [5.74, 6) is 0.465. The SMILES string of the molecule is C=CCC/C(=N/C)[C@H]1C[C@H](NC(=O)O)C1. The van der Waals surface area contributed by atoms with Gasteiger partial charge in [0.15, 0.2) is 0 Å². The van der Waals surface area contributed by atoms with Crippen molar-refractivity contribution in [1.82, 2.24) is 5.32 Å². The van der Waals surface area contributed by atoms with Crippen LogP contribution in [0.2, 0.25) is 0 Å². The van der Waals surface area contributed by atoms with Crippen LogP contribution in [0.3, 0.4) is 0 Å². The standard InChI is InChI=1S/C11H18N2O2/c1-3-4-5-10(12-2)8-6-9(7-8)13-11(14)15/h3,8-9,13H,1,4-7H2,2H3,(H,14,15)/b12-10-/t8-,9-. The Kier molecular flexibility index (Phi) is 4.34. The smallest absolute Gasteiger partial charge is 0.404 e. The lowest BCUT2D eigenvalue weighted by molar-refractivity contribution is 0.176. The summed E-state index contributed by atoms with van der Waals surface area (Å²) >= 11 is 0. The van der Waals surface area contributed by atoms with Gasteiger partial charge in [-0.15, -0.1) is 6.58 Å². The third-order valence-electron chi connectivity index (χ3n) is 2.83. The van der Waals surface area contributed by atoms with Crippen LogP contribution in [0.25, 0.3) is 0 Å². The third-order valence-corrected chi connectivity index (χ3v) is 2.83. The predicted octanol–water partition coefficient (Wildman–Crippen LogP) is 2.07. The van der Waals surface area contributed by atoms with E-state index in [2.05, 4.69) is 16.9 Å². The van der Waals surface area contributed by atoms with Gasteiger partial charge in [-0.3, -0.25) is 4.99 Å². The quantitative estimate of drug-likeness (QED) is 0.539. The molecule has 84 valence electrons. The first-order valence-electron chi connectivity index (χ1n) is 5.23. The molecule has 0 unspecified atom stereocenters. The van der Waals surface area contributed by atoms with E-state index in [0.29, 0.717) is 5.92 Å². The zero-order valence-electron chi connectivity index (χ0n) is 9.07. The lowest BCUT2D eigenvalue weighted by Crippen LogP contribution is -2.46. The minimum absolute atomic E-state index is 0.119. The van der Waals surface area contributed by atoms with Crippen LogP contribution in [-0.2, 0) is 0 Å². The number of amides is 1. The molecule has 0 aromatic carbocycles. The summed E-state index contributed by atoms with van der Waals surface area (Å²) in [4.78, 5) is 14.6. The van der Waals surface area contributed by atoms with Gasteiger partial charge in [-0.2, -0.15) is 0 Å². The Morgan fingerprint density at radius 3 is 2.80 bits per heavy atom. The molecule has 1 fully saturated rings. The Morgan fingerprint density at radius 1 is 1.67 bits per heavy atom. The van der Waals surface area contributed by atoms with Crippen LogP contribution >= 0.6 is 0 Å². The molecule has 1 saturated carbocycles. The van der Waals surface area contributed by atoms with Crippen molar-refractivity contribution in [2.75, 3.05) is 7.05 Å². The van der Waals surface area contributed by atoms with Crippen LogP contribution in [0.15, 0.2) is 17.6 Å². The molecule has 4 heteroatoms. The normalized spacial score (nSPS) is 25.5. The highest BCUT2D eigenvalue weighted by atomic mass is 16.4. The second-order valence-electron chi connectivity index (χ2n) is 3.86. The maximum absolute atomic E-state index is 10.4. The molecule has 0 saturated heterocycles. The minimum atomic E-state index is -0.931. The number of hydrogen-bond acceptors (Lipinski definition) is 2. The summed E-state index contributed by atoms with van der Waals surface area (Å²) in [5.41, 5.74) is 1.19.